The molecule has 1 aromatic heterocycles. The number of hydrogen-bond donors (Lipinski definition) is 1. The summed E-state index contributed by atoms with van der Waals surface area (Å²) in [6.07, 6.45) is 3.64. The fraction of sp³-hybridized carbons (Fsp3) is 0.769. The minimum Gasteiger partial charge on any atom is -0.313 e. The fourth-order valence-electron chi connectivity index (χ4n) is 2.32. The Hall–Kier alpha value is -0.450. The lowest BCUT2D eigenvalue weighted by Gasteiger charge is -2.15. The quantitative estimate of drug-likeness (QED) is 0.841. The topological polar surface area (TPSA) is 28.2 Å². The molecule has 1 fully saturated rings. The van der Waals surface area contributed by atoms with Gasteiger partial charge in [-0.15, -0.1) is 11.3 Å². The average molecular weight is 253 g/mol. The first-order valence-corrected chi connectivity index (χ1v) is 7.52. The molecule has 1 unspecified atom stereocenters. The summed E-state index contributed by atoms with van der Waals surface area (Å²) in [5.74, 6) is 0. The van der Waals surface area contributed by atoms with Gasteiger partial charge in [-0.1, -0.05) is 6.92 Å². The molecule has 1 saturated heterocycles. The maximum absolute atomic E-state index is 4.52. The summed E-state index contributed by atoms with van der Waals surface area (Å²) in [5.41, 5.74) is 1.16. The summed E-state index contributed by atoms with van der Waals surface area (Å²) >= 11 is 1.79. The second-order valence-electron chi connectivity index (χ2n) is 4.87. The smallest absolute Gasteiger partial charge is 0.0940 e. The first-order chi connectivity index (χ1) is 8.28. The van der Waals surface area contributed by atoms with Gasteiger partial charge in [-0.2, -0.15) is 0 Å². The minimum atomic E-state index is 0.716. The number of likely N-dealkylation sites (tertiary alicyclic amines) is 1. The Bertz CT molecular complexity index is 337. The predicted octanol–water partition coefficient (Wildman–Crippen LogP) is 2.07. The Morgan fingerprint density at radius 3 is 3.18 bits per heavy atom. The highest BCUT2D eigenvalue weighted by Crippen LogP contribution is 2.13. The van der Waals surface area contributed by atoms with Crippen LogP contribution in [-0.4, -0.2) is 42.1 Å². The summed E-state index contributed by atoms with van der Waals surface area (Å²) < 4.78 is 0. The Labute approximate surface area is 108 Å². The lowest BCUT2D eigenvalue weighted by molar-refractivity contribution is 0.331. The number of rotatable bonds is 6. The summed E-state index contributed by atoms with van der Waals surface area (Å²) in [6.45, 7) is 9.07. The molecule has 96 valence electrons. The van der Waals surface area contributed by atoms with E-state index in [1.54, 1.807) is 11.3 Å². The van der Waals surface area contributed by atoms with Crippen LogP contribution in [0.4, 0.5) is 0 Å². The largest absolute Gasteiger partial charge is 0.313 e. The van der Waals surface area contributed by atoms with Crippen LogP contribution in [-0.2, 0) is 6.42 Å². The van der Waals surface area contributed by atoms with Crippen molar-refractivity contribution >= 4 is 11.3 Å². The molecule has 3 nitrogen and oxygen atoms in total. The Morgan fingerprint density at radius 1 is 1.59 bits per heavy atom. The molecule has 0 aliphatic carbocycles. The Balaban J connectivity index is 1.67. The zero-order valence-corrected chi connectivity index (χ0v) is 11.7. The number of nitrogens with zero attached hydrogens (tertiary/aromatic N) is 2. The van der Waals surface area contributed by atoms with E-state index in [0.29, 0.717) is 6.04 Å². The molecule has 0 amide bonds. The zero-order chi connectivity index (χ0) is 12.1. The van der Waals surface area contributed by atoms with Crippen LogP contribution >= 0.6 is 11.3 Å². The SMILES string of the molecule is CCCNC1CCN(CCc2nc(C)cs2)C1. The predicted molar refractivity (Wildman–Crippen MR) is 73.7 cm³/mol. The normalized spacial score (nSPS) is 21.2. The van der Waals surface area contributed by atoms with Crippen molar-refractivity contribution in [2.75, 3.05) is 26.2 Å². The lowest BCUT2D eigenvalue weighted by Crippen LogP contribution is -2.33. The molecule has 2 heterocycles. The van der Waals surface area contributed by atoms with E-state index in [0.717, 1.165) is 25.2 Å². The molecule has 0 aromatic carbocycles. The highest BCUT2D eigenvalue weighted by molar-refractivity contribution is 7.09. The maximum Gasteiger partial charge on any atom is 0.0940 e. The zero-order valence-electron chi connectivity index (χ0n) is 10.9. The van der Waals surface area contributed by atoms with E-state index in [1.807, 2.05) is 0 Å². The third-order valence-electron chi connectivity index (χ3n) is 3.26. The van der Waals surface area contributed by atoms with Crippen molar-refractivity contribution in [2.45, 2.75) is 39.2 Å². The molecule has 1 atom stereocenters. The number of nitrogens with one attached hydrogen (secondary N) is 1. The molecule has 0 spiro atoms. The molecule has 0 bridgehead atoms. The summed E-state index contributed by atoms with van der Waals surface area (Å²) in [7, 11) is 0. The third kappa shape index (κ3) is 4.05. The van der Waals surface area contributed by atoms with Crippen LogP contribution in [0.3, 0.4) is 0 Å². The van der Waals surface area contributed by atoms with Crippen LogP contribution in [0.25, 0.3) is 0 Å². The van der Waals surface area contributed by atoms with E-state index in [9.17, 15) is 0 Å². The molecular weight excluding hydrogens is 230 g/mol. The standard InChI is InChI=1S/C13H23N3S/c1-3-6-14-12-4-7-16(9-12)8-5-13-15-11(2)10-17-13/h10,12,14H,3-9H2,1-2H3. The Kier molecular flexibility index (Phi) is 4.95. The van der Waals surface area contributed by atoms with Crippen molar-refractivity contribution in [1.29, 1.82) is 0 Å². The van der Waals surface area contributed by atoms with E-state index in [2.05, 4.69) is 34.4 Å². The van der Waals surface area contributed by atoms with Crippen molar-refractivity contribution in [3.8, 4) is 0 Å². The summed E-state index contributed by atoms with van der Waals surface area (Å²) in [6, 6.07) is 0.716. The molecule has 4 heteroatoms. The van der Waals surface area contributed by atoms with Crippen molar-refractivity contribution in [3.05, 3.63) is 16.1 Å². The highest BCUT2D eigenvalue weighted by atomic mass is 32.1. The van der Waals surface area contributed by atoms with Crippen LogP contribution in [0.1, 0.15) is 30.5 Å². The van der Waals surface area contributed by atoms with Crippen LogP contribution in [0.2, 0.25) is 0 Å². The van der Waals surface area contributed by atoms with Gasteiger partial charge < -0.3 is 10.2 Å². The molecule has 17 heavy (non-hydrogen) atoms. The molecular formula is C13H23N3S. The molecule has 1 aliphatic heterocycles. The molecule has 1 N–H and O–H groups in total. The van der Waals surface area contributed by atoms with Gasteiger partial charge >= 0.3 is 0 Å². The minimum absolute atomic E-state index is 0.716. The van der Waals surface area contributed by atoms with Gasteiger partial charge in [0.25, 0.3) is 0 Å². The Morgan fingerprint density at radius 2 is 2.47 bits per heavy atom. The van der Waals surface area contributed by atoms with Gasteiger partial charge in [0.15, 0.2) is 0 Å². The van der Waals surface area contributed by atoms with Gasteiger partial charge in [-0.05, 0) is 32.9 Å². The highest BCUT2D eigenvalue weighted by Gasteiger charge is 2.21. The molecule has 0 saturated carbocycles. The van der Waals surface area contributed by atoms with Gasteiger partial charge in [-0.25, -0.2) is 4.98 Å². The van der Waals surface area contributed by atoms with Crippen LogP contribution < -0.4 is 5.32 Å². The van der Waals surface area contributed by atoms with Crippen molar-refractivity contribution in [3.63, 3.8) is 0 Å². The number of aromatic nitrogens is 1. The second-order valence-corrected chi connectivity index (χ2v) is 5.82. The van der Waals surface area contributed by atoms with E-state index >= 15 is 0 Å². The molecule has 1 aliphatic rings. The average Bonchev–Trinajstić information content (AvgIpc) is 2.93. The molecule has 0 radical (unpaired) electrons. The van der Waals surface area contributed by atoms with Crippen LogP contribution in [0, 0.1) is 6.92 Å². The maximum atomic E-state index is 4.52. The second kappa shape index (κ2) is 6.47. The van der Waals surface area contributed by atoms with Gasteiger partial charge in [0.1, 0.15) is 0 Å². The number of thiazole rings is 1. The first-order valence-electron chi connectivity index (χ1n) is 6.64. The lowest BCUT2D eigenvalue weighted by atomic mass is 10.2. The molecule has 1 aromatic rings. The van der Waals surface area contributed by atoms with Gasteiger partial charge in [0.05, 0.1) is 5.01 Å². The monoisotopic (exact) mass is 253 g/mol. The molecule has 2 rings (SSSR count). The van der Waals surface area contributed by atoms with Crippen LogP contribution in [0.5, 0.6) is 0 Å². The van der Waals surface area contributed by atoms with Crippen molar-refractivity contribution in [2.24, 2.45) is 0 Å². The van der Waals surface area contributed by atoms with E-state index < -0.39 is 0 Å². The number of hydrogen-bond acceptors (Lipinski definition) is 4. The summed E-state index contributed by atoms with van der Waals surface area (Å²) in [4.78, 5) is 7.08. The van der Waals surface area contributed by atoms with Crippen molar-refractivity contribution < 1.29 is 0 Å². The van der Waals surface area contributed by atoms with Crippen molar-refractivity contribution in [1.82, 2.24) is 15.2 Å². The van der Waals surface area contributed by atoms with Gasteiger partial charge in [0.2, 0.25) is 0 Å². The van der Waals surface area contributed by atoms with E-state index in [-0.39, 0.29) is 0 Å². The fourth-order valence-corrected chi connectivity index (χ4v) is 3.09. The number of aryl methyl sites for hydroxylation is 1. The third-order valence-corrected chi connectivity index (χ3v) is 4.29. The van der Waals surface area contributed by atoms with Gasteiger partial charge in [0, 0.05) is 36.6 Å². The van der Waals surface area contributed by atoms with E-state index in [4.69, 9.17) is 0 Å². The summed E-state index contributed by atoms with van der Waals surface area (Å²) in [5, 5.41) is 7.04. The first kappa shape index (κ1) is 13.0. The van der Waals surface area contributed by atoms with Crippen LogP contribution in [0.15, 0.2) is 5.38 Å². The van der Waals surface area contributed by atoms with Gasteiger partial charge in [-0.3, -0.25) is 0 Å². The van der Waals surface area contributed by atoms with E-state index in [1.165, 1.54) is 30.9 Å².